The van der Waals surface area contributed by atoms with Crippen LogP contribution in [0.25, 0.3) is 0 Å². The molecule has 0 fully saturated rings. The van der Waals surface area contributed by atoms with Crippen molar-refractivity contribution < 1.29 is 15.0 Å². The first-order chi connectivity index (χ1) is 9.16. The summed E-state index contributed by atoms with van der Waals surface area (Å²) < 4.78 is 0. The zero-order chi connectivity index (χ0) is 13.7. The van der Waals surface area contributed by atoms with Gasteiger partial charge in [-0.2, -0.15) is 0 Å². The monoisotopic (exact) mass is 258 g/mol. The number of carbonyl (C=O) groups is 1. The van der Waals surface area contributed by atoms with Crippen molar-refractivity contribution >= 4 is 5.91 Å². The molecule has 1 aromatic heterocycles. The number of nitrogens with one attached hydrogen (secondary N) is 1. The number of hydrogen-bond donors (Lipinski definition) is 3. The lowest BCUT2D eigenvalue weighted by molar-refractivity contribution is 0.0954. The molecular formula is C14H14N2O3. The number of phenolic OH excluding ortho intramolecular Hbond substituents is 2. The van der Waals surface area contributed by atoms with Crippen LogP contribution in [0.1, 0.15) is 15.9 Å². The van der Waals surface area contributed by atoms with Crippen molar-refractivity contribution in [3.05, 3.63) is 53.9 Å². The molecule has 0 aliphatic rings. The molecule has 2 rings (SSSR count). The van der Waals surface area contributed by atoms with E-state index in [0.717, 1.165) is 5.56 Å². The van der Waals surface area contributed by atoms with Gasteiger partial charge in [0.25, 0.3) is 5.91 Å². The van der Waals surface area contributed by atoms with Crippen LogP contribution >= 0.6 is 0 Å². The number of aromatic hydroxyl groups is 2. The lowest BCUT2D eigenvalue weighted by Gasteiger charge is -2.06. The molecule has 0 aliphatic carbocycles. The minimum atomic E-state index is -0.162. The first-order valence-corrected chi connectivity index (χ1v) is 5.86. The zero-order valence-corrected chi connectivity index (χ0v) is 10.2. The Balaban J connectivity index is 1.87. The molecule has 0 saturated heterocycles. The third-order valence-corrected chi connectivity index (χ3v) is 2.68. The first kappa shape index (κ1) is 12.9. The summed E-state index contributed by atoms with van der Waals surface area (Å²) in [6.45, 7) is 0.450. The molecule has 3 N–H and O–H groups in total. The third kappa shape index (κ3) is 3.45. The van der Waals surface area contributed by atoms with E-state index < -0.39 is 0 Å². The highest BCUT2D eigenvalue weighted by molar-refractivity contribution is 5.93. The number of rotatable bonds is 4. The Labute approximate surface area is 110 Å². The molecule has 0 atom stereocenters. The summed E-state index contributed by atoms with van der Waals surface area (Å²) in [5, 5.41) is 21.3. The standard InChI is InChI=1S/C14H14N2O3/c17-12-2-1-10(9-13(12)18)3-8-16-14(19)11-4-6-15-7-5-11/h1-2,4-7,9,17-18H,3,8H2,(H,16,19). The highest BCUT2D eigenvalue weighted by Gasteiger charge is 2.04. The second-order valence-corrected chi connectivity index (χ2v) is 4.06. The van der Waals surface area contributed by atoms with E-state index in [2.05, 4.69) is 10.3 Å². The summed E-state index contributed by atoms with van der Waals surface area (Å²) in [6.07, 6.45) is 3.70. The summed E-state index contributed by atoms with van der Waals surface area (Å²) in [5.41, 5.74) is 1.40. The number of nitrogens with zero attached hydrogens (tertiary/aromatic N) is 1. The van der Waals surface area contributed by atoms with Gasteiger partial charge in [0.2, 0.25) is 0 Å². The van der Waals surface area contributed by atoms with Crippen LogP contribution in [0.3, 0.4) is 0 Å². The van der Waals surface area contributed by atoms with Crippen LogP contribution in [-0.2, 0) is 6.42 Å². The third-order valence-electron chi connectivity index (χ3n) is 2.68. The summed E-state index contributed by atoms with van der Waals surface area (Å²) >= 11 is 0. The Kier molecular flexibility index (Phi) is 3.97. The van der Waals surface area contributed by atoms with Gasteiger partial charge in [-0.1, -0.05) is 6.07 Å². The maximum absolute atomic E-state index is 11.7. The van der Waals surface area contributed by atoms with Crippen LogP contribution < -0.4 is 5.32 Å². The Morgan fingerprint density at radius 2 is 1.84 bits per heavy atom. The second-order valence-electron chi connectivity index (χ2n) is 4.06. The molecule has 0 spiro atoms. The fourth-order valence-corrected chi connectivity index (χ4v) is 1.65. The molecule has 5 heteroatoms. The van der Waals surface area contributed by atoms with Gasteiger partial charge in [0.1, 0.15) is 0 Å². The van der Waals surface area contributed by atoms with Gasteiger partial charge in [0.05, 0.1) is 0 Å². The van der Waals surface area contributed by atoms with E-state index in [0.29, 0.717) is 18.5 Å². The van der Waals surface area contributed by atoms with E-state index >= 15 is 0 Å². The van der Waals surface area contributed by atoms with Crippen molar-refractivity contribution in [3.8, 4) is 11.5 Å². The molecule has 0 radical (unpaired) electrons. The smallest absolute Gasteiger partial charge is 0.251 e. The van der Waals surface area contributed by atoms with E-state index in [-0.39, 0.29) is 17.4 Å². The Bertz CT molecular complexity index is 570. The van der Waals surface area contributed by atoms with E-state index in [1.807, 2.05) is 0 Å². The highest BCUT2D eigenvalue weighted by Crippen LogP contribution is 2.24. The summed E-state index contributed by atoms with van der Waals surface area (Å²) in [6, 6.07) is 7.89. The minimum absolute atomic E-state index is 0.149. The number of carbonyl (C=O) groups excluding carboxylic acids is 1. The van der Waals surface area contributed by atoms with Gasteiger partial charge in [-0.25, -0.2) is 0 Å². The molecule has 1 amide bonds. The first-order valence-electron chi connectivity index (χ1n) is 5.86. The lowest BCUT2D eigenvalue weighted by Crippen LogP contribution is -2.25. The van der Waals surface area contributed by atoms with Gasteiger partial charge >= 0.3 is 0 Å². The number of phenols is 2. The van der Waals surface area contributed by atoms with Crippen molar-refractivity contribution in [1.29, 1.82) is 0 Å². The van der Waals surface area contributed by atoms with Crippen LogP contribution in [0.15, 0.2) is 42.7 Å². The number of amides is 1. The topological polar surface area (TPSA) is 82.5 Å². The molecule has 0 unspecified atom stereocenters. The van der Waals surface area contributed by atoms with Crippen molar-refractivity contribution in [2.45, 2.75) is 6.42 Å². The predicted octanol–water partition coefficient (Wildman–Crippen LogP) is 1.47. The van der Waals surface area contributed by atoms with Crippen LogP contribution in [0, 0.1) is 0 Å². The molecule has 19 heavy (non-hydrogen) atoms. The molecule has 5 nitrogen and oxygen atoms in total. The number of pyridine rings is 1. The van der Waals surface area contributed by atoms with E-state index in [1.165, 1.54) is 12.1 Å². The molecule has 2 aromatic rings. The number of hydrogen-bond acceptors (Lipinski definition) is 4. The Hall–Kier alpha value is -2.56. The SMILES string of the molecule is O=C(NCCc1ccc(O)c(O)c1)c1ccncc1. The van der Waals surface area contributed by atoms with Gasteiger partial charge in [-0.05, 0) is 36.2 Å². The second kappa shape index (κ2) is 5.86. The van der Waals surface area contributed by atoms with Crippen molar-refractivity contribution in [1.82, 2.24) is 10.3 Å². The molecule has 0 bridgehead atoms. The van der Waals surface area contributed by atoms with Crippen molar-refractivity contribution in [2.75, 3.05) is 6.54 Å². The van der Waals surface area contributed by atoms with Crippen LogP contribution in [0.5, 0.6) is 11.5 Å². The average Bonchev–Trinajstić information content (AvgIpc) is 2.43. The van der Waals surface area contributed by atoms with Gasteiger partial charge in [-0.15, -0.1) is 0 Å². The zero-order valence-electron chi connectivity index (χ0n) is 10.2. The number of aromatic nitrogens is 1. The average molecular weight is 258 g/mol. The molecule has 1 aromatic carbocycles. The summed E-state index contributed by atoms with van der Waals surface area (Å²) in [7, 11) is 0. The molecule has 0 saturated carbocycles. The fraction of sp³-hybridized carbons (Fsp3) is 0.143. The van der Waals surface area contributed by atoms with Gasteiger partial charge in [-0.3, -0.25) is 9.78 Å². The van der Waals surface area contributed by atoms with Crippen LogP contribution in [0.2, 0.25) is 0 Å². The molecule has 0 aliphatic heterocycles. The molecular weight excluding hydrogens is 244 g/mol. The maximum Gasteiger partial charge on any atom is 0.251 e. The Morgan fingerprint density at radius 3 is 2.53 bits per heavy atom. The lowest BCUT2D eigenvalue weighted by atomic mass is 10.1. The number of benzene rings is 1. The quantitative estimate of drug-likeness (QED) is 0.725. The Morgan fingerprint density at radius 1 is 1.11 bits per heavy atom. The highest BCUT2D eigenvalue weighted by atomic mass is 16.3. The van der Waals surface area contributed by atoms with E-state index in [9.17, 15) is 15.0 Å². The minimum Gasteiger partial charge on any atom is -0.504 e. The predicted molar refractivity (Wildman–Crippen MR) is 70.0 cm³/mol. The van der Waals surface area contributed by atoms with Crippen LogP contribution in [0.4, 0.5) is 0 Å². The fourth-order valence-electron chi connectivity index (χ4n) is 1.65. The maximum atomic E-state index is 11.7. The molecule has 98 valence electrons. The van der Waals surface area contributed by atoms with Crippen LogP contribution in [-0.4, -0.2) is 27.6 Å². The summed E-state index contributed by atoms with van der Waals surface area (Å²) in [5.74, 6) is -0.465. The van der Waals surface area contributed by atoms with Crippen molar-refractivity contribution in [3.63, 3.8) is 0 Å². The van der Waals surface area contributed by atoms with Gasteiger partial charge in [0.15, 0.2) is 11.5 Å². The van der Waals surface area contributed by atoms with Gasteiger partial charge < -0.3 is 15.5 Å². The van der Waals surface area contributed by atoms with E-state index in [1.54, 1.807) is 30.6 Å². The normalized spacial score (nSPS) is 10.1. The largest absolute Gasteiger partial charge is 0.504 e. The van der Waals surface area contributed by atoms with E-state index in [4.69, 9.17) is 0 Å². The van der Waals surface area contributed by atoms with Crippen molar-refractivity contribution in [2.24, 2.45) is 0 Å². The summed E-state index contributed by atoms with van der Waals surface area (Å²) in [4.78, 5) is 15.6. The van der Waals surface area contributed by atoms with Gasteiger partial charge in [0, 0.05) is 24.5 Å². The molecule has 1 heterocycles.